The molecule has 2 heteroatoms. The van der Waals surface area contributed by atoms with E-state index in [2.05, 4.69) is 42.5 Å². The fraction of sp³-hybridized carbons (Fsp3) is 0.565. The van der Waals surface area contributed by atoms with E-state index in [9.17, 15) is 0 Å². The summed E-state index contributed by atoms with van der Waals surface area (Å²) < 4.78 is 5.92. The second-order valence-corrected chi connectivity index (χ2v) is 7.03. The van der Waals surface area contributed by atoms with Gasteiger partial charge in [0, 0.05) is 0 Å². The van der Waals surface area contributed by atoms with Crippen molar-refractivity contribution in [2.75, 3.05) is 0 Å². The van der Waals surface area contributed by atoms with Crippen molar-refractivity contribution in [2.24, 2.45) is 0 Å². The number of rotatable bonds is 3. The molecule has 0 amide bonds. The van der Waals surface area contributed by atoms with Crippen LogP contribution < -0.4 is 0 Å². The molecule has 25 heavy (non-hydrogen) atoms. The smallest absolute Gasteiger partial charge is 0.0760 e. The van der Waals surface area contributed by atoms with Crippen molar-refractivity contribution in [2.45, 2.75) is 83.0 Å². The topological polar surface area (TPSA) is 29.5 Å². The standard InChI is InChI=1S/C15H20O.C8H14O/c1-2-7-11-15(12-8-3-1)16-13-14-9-5-4-6-10-14;9-8-6-4-2-1-3-5-7-8/h4-7,9-11,15H,1-3,8,12-13H2;4,6,8-9H,1-3,5,7H2/b11-7+;6-4+. The Labute approximate surface area is 153 Å². The van der Waals surface area contributed by atoms with Crippen LogP contribution in [0, 0.1) is 0 Å². The quantitative estimate of drug-likeness (QED) is 0.687. The van der Waals surface area contributed by atoms with E-state index in [1.165, 1.54) is 56.9 Å². The Bertz CT molecular complexity index is 492. The molecule has 2 aliphatic rings. The van der Waals surface area contributed by atoms with Crippen LogP contribution in [0.2, 0.25) is 0 Å². The Hall–Kier alpha value is -1.38. The highest BCUT2D eigenvalue weighted by molar-refractivity contribution is 5.13. The molecule has 1 N–H and O–H groups in total. The van der Waals surface area contributed by atoms with E-state index in [-0.39, 0.29) is 6.10 Å². The first-order chi connectivity index (χ1) is 12.3. The third-order valence-corrected chi connectivity index (χ3v) is 4.75. The summed E-state index contributed by atoms with van der Waals surface area (Å²) in [5, 5.41) is 9.13. The fourth-order valence-electron chi connectivity index (χ4n) is 3.19. The largest absolute Gasteiger partial charge is 0.389 e. The van der Waals surface area contributed by atoms with Crippen LogP contribution in [0.5, 0.6) is 0 Å². The maximum absolute atomic E-state index is 9.13. The highest BCUT2D eigenvalue weighted by Crippen LogP contribution is 2.15. The van der Waals surface area contributed by atoms with E-state index in [4.69, 9.17) is 9.84 Å². The molecule has 0 bridgehead atoms. The lowest BCUT2D eigenvalue weighted by molar-refractivity contribution is 0.0638. The summed E-state index contributed by atoms with van der Waals surface area (Å²) in [4.78, 5) is 0. The summed E-state index contributed by atoms with van der Waals surface area (Å²) in [5.41, 5.74) is 1.26. The Morgan fingerprint density at radius 2 is 1.48 bits per heavy atom. The van der Waals surface area contributed by atoms with Crippen molar-refractivity contribution in [1.82, 2.24) is 0 Å². The summed E-state index contributed by atoms with van der Waals surface area (Å²) in [5.74, 6) is 0. The number of benzene rings is 1. The summed E-state index contributed by atoms with van der Waals surface area (Å²) in [6.07, 6.45) is 20.9. The highest BCUT2D eigenvalue weighted by Gasteiger charge is 2.07. The monoisotopic (exact) mass is 342 g/mol. The average molecular weight is 343 g/mol. The number of ether oxygens (including phenoxy) is 1. The third-order valence-electron chi connectivity index (χ3n) is 4.75. The molecule has 2 aliphatic carbocycles. The van der Waals surface area contributed by atoms with Crippen LogP contribution in [0.4, 0.5) is 0 Å². The van der Waals surface area contributed by atoms with Crippen LogP contribution in [0.15, 0.2) is 54.6 Å². The molecule has 0 spiro atoms. The van der Waals surface area contributed by atoms with E-state index < -0.39 is 0 Å². The van der Waals surface area contributed by atoms with Crippen LogP contribution in [-0.2, 0) is 11.3 Å². The van der Waals surface area contributed by atoms with Gasteiger partial charge in [-0.1, -0.05) is 80.3 Å². The van der Waals surface area contributed by atoms with Gasteiger partial charge in [-0.2, -0.15) is 0 Å². The predicted molar refractivity (Wildman–Crippen MR) is 105 cm³/mol. The Balaban J connectivity index is 0.000000212. The van der Waals surface area contributed by atoms with Crippen LogP contribution in [0.1, 0.15) is 69.8 Å². The molecule has 1 aromatic rings. The van der Waals surface area contributed by atoms with Gasteiger partial charge in [-0.15, -0.1) is 0 Å². The van der Waals surface area contributed by atoms with Crippen molar-refractivity contribution < 1.29 is 9.84 Å². The molecule has 2 nitrogen and oxygen atoms in total. The number of aliphatic hydroxyl groups excluding tert-OH is 1. The van der Waals surface area contributed by atoms with Crippen molar-refractivity contribution in [3.8, 4) is 0 Å². The minimum absolute atomic E-state index is 0.162. The zero-order chi connectivity index (χ0) is 17.6. The summed E-state index contributed by atoms with van der Waals surface area (Å²) in [6, 6.07) is 10.4. The summed E-state index contributed by atoms with van der Waals surface area (Å²) >= 11 is 0. The second kappa shape index (κ2) is 12.9. The number of allylic oxidation sites excluding steroid dienone is 2. The van der Waals surface area contributed by atoms with Gasteiger partial charge in [0.25, 0.3) is 0 Å². The third kappa shape index (κ3) is 9.62. The number of aliphatic hydroxyl groups is 1. The summed E-state index contributed by atoms with van der Waals surface area (Å²) in [6.45, 7) is 0.732. The molecule has 0 aliphatic heterocycles. The first kappa shape index (κ1) is 19.9. The molecule has 0 saturated carbocycles. The Morgan fingerprint density at radius 3 is 2.24 bits per heavy atom. The lowest BCUT2D eigenvalue weighted by atomic mass is 10.0. The molecule has 3 rings (SSSR count). The number of hydrogen-bond acceptors (Lipinski definition) is 2. The van der Waals surface area contributed by atoms with Gasteiger partial charge in [0.2, 0.25) is 0 Å². The van der Waals surface area contributed by atoms with E-state index in [1.807, 2.05) is 12.1 Å². The van der Waals surface area contributed by atoms with Gasteiger partial charge in [-0.3, -0.25) is 0 Å². The van der Waals surface area contributed by atoms with E-state index in [0.29, 0.717) is 6.10 Å². The van der Waals surface area contributed by atoms with Gasteiger partial charge in [-0.25, -0.2) is 0 Å². The van der Waals surface area contributed by atoms with Gasteiger partial charge in [-0.05, 0) is 44.1 Å². The molecular formula is C23H34O2. The first-order valence-corrected chi connectivity index (χ1v) is 10.0. The SMILES string of the molecule is C1=C/C(OCc2ccccc2)CCCCC/1.OC1/C=C/CCCCC1. The predicted octanol–water partition coefficient (Wildman–Crippen LogP) is 5.96. The van der Waals surface area contributed by atoms with Crippen LogP contribution in [-0.4, -0.2) is 17.3 Å². The molecule has 138 valence electrons. The zero-order valence-corrected chi connectivity index (χ0v) is 15.5. The summed E-state index contributed by atoms with van der Waals surface area (Å²) in [7, 11) is 0. The lowest BCUT2D eigenvalue weighted by Gasteiger charge is -2.16. The maximum Gasteiger partial charge on any atom is 0.0760 e. The second-order valence-electron chi connectivity index (χ2n) is 7.03. The van der Waals surface area contributed by atoms with Gasteiger partial charge >= 0.3 is 0 Å². The normalized spacial score (nSPS) is 26.8. The molecule has 0 heterocycles. The minimum atomic E-state index is -0.162. The molecule has 0 radical (unpaired) electrons. The van der Waals surface area contributed by atoms with E-state index >= 15 is 0 Å². The van der Waals surface area contributed by atoms with Gasteiger partial charge in [0.15, 0.2) is 0 Å². The van der Waals surface area contributed by atoms with Gasteiger partial charge in [0.05, 0.1) is 18.8 Å². The Morgan fingerprint density at radius 1 is 0.800 bits per heavy atom. The lowest BCUT2D eigenvalue weighted by Crippen LogP contribution is -2.10. The van der Waals surface area contributed by atoms with Crippen molar-refractivity contribution in [1.29, 1.82) is 0 Å². The highest BCUT2D eigenvalue weighted by atomic mass is 16.5. The molecule has 2 atom stereocenters. The average Bonchev–Trinajstić information content (AvgIpc) is 2.59. The van der Waals surface area contributed by atoms with Crippen LogP contribution in [0.25, 0.3) is 0 Å². The molecule has 0 saturated heterocycles. The van der Waals surface area contributed by atoms with Crippen molar-refractivity contribution in [3.05, 3.63) is 60.2 Å². The van der Waals surface area contributed by atoms with Crippen molar-refractivity contribution in [3.63, 3.8) is 0 Å². The fourth-order valence-corrected chi connectivity index (χ4v) is 3.19. The maximum atomic E-state index is 9.13. The molecule has 1 aromatic carbocycles. The first-order valence-electron chi connectivity index (χ1n) is 10.0. The van der Waals surface area contributed by atoms with Crippen LogP contribution in [0.3, 0.4) is 0 Å². The number of hydrogen-bond donors (Lipinski definition) is 1. The van der Waals surface area contributed by atoms with E-state index in [0.717, 1.165) is 19.4 Å². The van der Waals surface area contributed by atoms with Crippen LogP contribution >= 0.6 is 0 Å². The minimum Gasteiger partial charge on any atom is -0.389 e. The Kier molecular flexibility index (Phi) is 10.3. The molecule has 2 unspecified atom stereocenters. The molecule has 0 fully saturated rings. The molecule has 0 aromatic heterocycles. The molecular weight excluding hydrogens is 308 g/mol. The van der Waals surface area contributed by atoms with Gasteiger partial charge in [0.1, 0.15) is 0 Å². The van der Waals surface area contributed by atoms with Crippen molar-refractivity contribution >= 4 is 0 Å². The van der Waals surface area contributed by atoms with E-state index in [1.54, 1.807) is 0 Å². The zero-order valence-electron chi connectivity index (χ0n) is 15.5. The van der Waals surface area contributed by atoms with Gasteiger partial charge < -0.3 is 9.84 Å².